The van der Waals surface area contributed by atoms with Crippen LogP contribution in [0, 0.1) is 5.82 Å². The fourth-order valence-electron chi connectivity index (χ4n) is 3.27. The van der Waals surface area contributed by atoms with Gasteiger partial charge < -0.3 is 20.7 Å². The van der Waals surface area contributed by atoms with Crippen molar-refractivity contribution < 1.29 is 41.8 Å². The Hall–Kier alpha value is -5.21. The van der Waals surface area contributed by atoms with Crippen molar-refractivity contribution in [2.45, 2.75) is 6.18 Å². The summed E-state index contributed by atoms with van der Waals surface area (Å²) < 4.78 is 61.7. The predicted molar refractivity (Wildman–Crippen MR) is 123 cm³/mol. The Morgan fingerprint density at radius 1 is 0.974 bits per heavy atom. The number of alkyl halides is 3. The monoisotopic (exact) mass is 532 g/mol. The highest BCUT2D eigenvalue weighted by molar-refractivity contribution is 6.01. The summed E-state index contributed by atoms with van der Waals surface area (Å²) in [5, 5.41) is 23.8. The molecule has 0 saturated carbocycles. The SMILES string of the molecule is CNC(=O)c1cc(Oc2ccc(NC(=O)Nc3cc(C(F)(F)F)ccc3-n3cnnc3)c(F)c2)cc[n+]1O. The molecule has 0 aliphatic heterocycles. The number of hydrogen-bond acceptors (Lipinski definition) is 6. The van der Waals surface area contributed by atoms with Gasteiger partial charge in [0.15, 0.2) is 0 Å². The Bertz CT molecular complexity index is 1490. The van der Waals surface area contributed by atoms with Gasteiger partial charge in [-0.3, -0.25) is 14.6 Å². The molecule has 15 heteroatoms. The van der Waals surface area contributed by atoms with E-state index in [4.69, 9.17) is 4.74 Å². The predicted octanol–water partition coefficient (Wildman–Crippen LogP) is 3.75. The van der Waals surface area contributed by atoms with Crippen LogP contribution < -0.4 is 25.4 Å². The van der Waals surface area contributed by atoms with Crippen LogP contribution in [0.4, 0.5) is 33.7 Å². The summed E-state index contributed by atoms with van der Waals surface area (Å²) in [6.45, 7) is 0. The van der Waals surface area contributed by atoms with Crippen molar-refractivity contribution in [3.63, 3.8) is 0 Å². The summed E-state index contributed by atoms with van der Waals surface area (Å²) in [5.41, 5.74) is -1.52. The van der Waals surface area contributed by atoms with Gasteiger partial charge in [-0.15, -0.1) is 10.2 Å². The smallest absolute Gasteiger partial charge is 0.416 e. The first-order valence-corrected chi connectivity index (χ1v) is 10.6. The van der Waals surface area contributed by atoms with E-state index < -0.39 is 29.5 Å². The molecule has 0 radical (unpaired) electrons. The van der Waals surface area contributed by atoms with E-state index in [1.54, 1.807) is 0 Å². The van der Waals surface area contributed by atoms with Gasteiger partial charge in [-0.1, -0.05) is 0 Å². The number of hydrogen-bond donors (Lipinski definition) is 4. The van der Waals surface area contributed by atoms with Crippen molar-refractivity contribution in [3.05, 3.63) is 84.5 Å². The van der Waals surface area contributed by atoms with Gasteiger partial charge in [-0.25, -0.2) is 9.18 Å². The highest BCUT2D eigenvalue weighted by atomic mass is 19.4. The maximum absolute atomic E-state index is 14.7. The molecular weight excluding hydrogens is 514 g/mol. The molecule has 0 aliphatic carbocycles. The lowest BCUT2D eigenvalue weighted by Crippen LogP contribution is -2.40. The summed E-state index contributed by atoms with van der Waals surface area (Å²) in [5.74, 6) is -1.40. The second-order valence-corrected chi connectivity index (χ2v) is 7.59. The minimum absolute atomic E-state index is 0.000206. The number of carbonyl (C=O) groups excluding carboxylic acids is 2. The van der Waals surface area contributed by atoms with Crippen molar-refractivity contribution in [2.75, 3.05) is 17.7 Å². The number of carbonyl (C=O) groups is 2. The maximum atomic E-state index is 14.7. The lowest BCUT2D eigenvalue weighted by Gasteiger charge is -2.15. The zero-order valence-corrected chi connectivity index (χ0v) is 19.3. The molecule has 11 nitrogen and oxygen atoms in total. The van der Waals surface area contributed by atoms with Crippen LogP contribution in [0.2, 0.25) is 0 Å². The Balaban J connectivity index is 1.51. The second-order valence-electron chi connectivity index (χ2n) is 7.59. The molecule has 0 bridgehead atoms. The molecule has 3 amide bonds. The van der Waals surface area contributed by atoms with Crippen LogP contribution in [-0.2, 0) is 6.18 Å². The van der Waals surface area contributed by atoms with E-state index >= 15 is 0 Å². The van der Waals surface area contributed by atoms with Gasteiger partial charge in [0.05, 0.1) is 28.7 Å². The number of nitrogens with zero attached hydrogens (tertiary/aromatic N) is 4. The second kappa shape index (κ2) is 10.4. The number of rotatable bonds is 6. The van der Waals surface area contributed by atoms with Crippen molar-refractivity contribution in [1.29, 1.82) is 0 Å². The van der Waals surface area contributed by atoms with Gasteiger partial charge in [-0.05, 0) is 30.3 Å². The Kier molecular flexibility index (Phi) is 7.09. The molecule has 0 spiro atoms. The van der Waals surface area contributed by atoms with Crippen LogP contribution in [0.1, 0.15) is 16.1 Å². The normalized spacial score (nSPS) is 11.1. The van der Waals surface area contributed by atoms with E-state index in [-0.39, 0.29) is 34.3 Å². The number of amides is 3. The Labute approximate surface area is 211 Å². The molecule has 38 heavy (non-hydrogen) atoms. The number of aromatic nitrogens is 4. The van der Waals surface area contributed by atoms with E-state index in [0.717, 1.165) is 30.5 Å². The molecule has 4 rings (SSSR count). The molecule has 0 aliphatic rings. The summed E-state index contributed by atoms with van der Waals surface area (Å²) >= 11 is 0. The van der Waals surface area contributed by atoms with Crippen LogP contribution in [0.3, 0.4) is 0 Å². The third kappa shape index (κ3) is 5.77. The lowest BCUT2D eigenvalue weighted by atomic mass is 10.1. The first-order valence-electron chi connectivity index (χ1n) is 10.6. The van der Waals surface area contributed by atoms with Gasteiger partial charge in [0.2, 0.25) is 6.20 Å². The number of benzene rings is 2. The molecule has 0 saturated heterocycles. The van der Waals surface area contributed by atoms with E-state index in [1.165, 1.54) is 48.5 Å². The van der Waals surface area contributed by atoms with E-state index in [0.29, 0.717) is 4.73 Å². The first kappa shape index (κ1) is 25.9. The van der Waals surface area contributed by atoms with E-state index in [2.05, 4.69) is 26.1 Å². The average molecular weight is 532 g/mol. The summed E-state index contributed by atoms with van der Waals surface area (Å²) in [6.07, 6.45) is -1.06. The highest BCUT2D eigenvalue weighted by Crippen LogP contribution is 2.33. The third-order valence-electron chi connectivity index (χ3n) is 5.06. The standard InChI is InChI=1S/C23H17F4N7O4/c1-28-21(35)20-10-15(6-7-34(20)37)38-14-3-4-17(16(24)9-14)31-22(36)32-18-8-13(23(25,26)27)2-5-19(18)33-11-29-30-12-33/h2-12H,1H3,(H3-,28,31,32,35,36,37)/p+1. The van der Waals surface area contributed by atoms with Crippen molar-refractivity contribution in [1.82, 2.24) is 20.1 Å². The van der Waals surface area contributed by atoms with Crippen LogP contribution in [-0.4, -0.2) is 39.0 Å². The van der Waals surface area contributed by atoms with E-state index in [9.17, 15) is 32.4 Å². The fourth-order valence-corrected chi connectivity index (χ4v) is 3.27. The first-order chi connectivity index (χ1) is 18.0. The Morgan fingerprint density at radius 2 is 1.66 bits per heavy atom. The van der Waals surface area contributed by atoms with E-state index in [1.807, 2.05) is 0 Å². The van der Waals surface area contributed by atoms with Crippen LogP contribution in [0.5, 0.6) is 11.5 Å². The summed E-state index contributed by atoms with van der Waals surface area (Å²) in [4.78, 5) is 24.4. The molecule has 2 aromatic heterocycles. The summed E-state index contributed by atoms with van der Waals surface area (Å²) in [7, 11) is 1.37. The number of pyridine rings is 1. The number of anilines is 2. The fraction of sp³-hybridized carbons (Fsp3) is 0.0870. The van der Waals surface area contributed by atoms with Gasteiger partial charge in [0.1, 0.15) is 30.0 Å². The quantitative estimate of drug-likeness (QED) is 0.170. The van der Waals surface area contributed by atoms with Crippen molar-refractivity contribution in [3.8, 4) is 17.2 Å². The number of nitrogens with one attached hydrogen (secondary N) is 3. The third-order valence-corrected chi connectivity index (χ3v) is 5.06. The molecule has 2 aromatic carbocycles. The number of ether oxygens (including phenoxy) is 1. The largest absolute Gasteiger partial charge is 0.457 e. The van der Waals surface area contributed by atoms with Gasteiger partial charge in [-0.2, -0.15) is 13.2 Å². The maximum Gasteiger partial charge on any atom is 0.416 e. The molecule has 2 heterocycles. The molecule has 0 unspecified atom stereocenters. The number of urea groups is 1. The molecular formula is C23H18F4N7O4+. The molecule has 0 fully saturated rings. The van der Waals surface area contributed by atoms with Crippen LogP contribution in [0.15, 0.2) is 67.4 Å². The zero-order chi connectivity index (χ0) is 27.4. The average Bonchev–Trinajstić information content (AvgIpc) is 3.40. The van der Waals surface area contributed by atoms with Gasteiger partial charge >= 0.3 is 23.8 Å². The highest BCUT2D eigenvalue weighted by Gasteiger charge is 2.31. The number of halogens is 4. The molecule has 4 aromatic rings. The summed E-state index contributed by atoms with van der Waals surface area (Å²) in [6, 6.07) is 7.65. The molecule has 4 N–H and O–H groups in total. The van der Waals surface area contributed by atoms with Crippen molar-refractivity contribution >= 4 is 23.3 Å². The van der Waals surface area contributed by atoms with Crippen LogP contribution >= 0.6 is 0 Å². The minimum Gasteiger partial charge on any atom is -0.457 e. The van der Waals surface area contributed by atoms with Gasteiger partial charge in [0.25, 0.3) is 0 Å². The lowest BCUT2D eigenvalue weighted by molar-refractivity contribution is -0.905. The Morgan fingerprint density at radius 3 is 2.32 bits per heavy atom. The molecule has 0 atom stereocenters. The zero-order valence-electron chi connectivity index (χ0n) is 19.3. The van der Waals surface area contributed by atoms with Crippen LogP contribution in [0.25, 0.3) is 5.69 Å². The molecule has 196 valence electrons. The minimum atomic E-state index is -4.67. The van der Waals surface area contributed by atoms with Crippen molar-refractivity contribution in [2.24, 2.45) is 0 Å². The topological polar surface area (TPSA) is 134 Å². The van der Waals surface area contributed by atoms with Gasteiger partial charge in [0, 0.05) is 23.9 Å².